The Morgan fingerprint density at radius 2 is 2.04 bits per heavy atom. The first-order chi connectivity index (χ1) is 10.6. The monoisotopic (exact) mass is 358 g/mol. The zero-order valence-electron chi connectivity index (χ0n) is 14.4. The topological polar surface area (TPSA) is 83.6 Å². The van der Waals surface area contributed by atoms with Crippen molar-refractivity contribution in [1.82, 2.24) is 4.90 Å². The number of aliphatic carboxylic acids is 1. The van der Waals surface area contributed by atoms with E-state index in [1.807, 2.05) is 20.8 Å². The third-order valence-corrected chi connectivity index (χ3v) is 6.24. The molecule has 5 atom stereocenters. The Kier molecular flexibility index (Phi) is 7.30. The minimum atomic E-state index is -1.03. The van der Waals surface area contributed by atoms with Gasteiger partial charge in [0.25, 0.3) is 0 Å². The highest BCUT2D eigenvalue weighted by Gasteiger charge is 2.50. The van der Waals surface area contributed by atoms with Crippen LogP contribution < -0.4 is 5.73 Å². The fourth-order valence-electron chi connectivity index (χ4n) is 2.99. The first-order valence-electron chi connectivity index (χ1n) is 7.75. The molecule has 1 rings (SSSR count). The fourth-order valence-corrected chi connectivity index (χ4v) is 4.90. The van der Waals surface area contributed by atoms with E-state index in [-0.39, 0.29) is 35.2 Å². The van der Waals surface area contributed by atoms with Crippen LogP contribution in [0.15, 0.2) is 11.5 Å². The van der Waals surface area contributed by atoms with Crippen molar-refractivity contribution in [3.05, 3.63) is 11.5 Å². The van der Waals surface area contributed by atoms with Crippen LogP contribution in [0.25, 0.3) is 0 Å². The van der Waals surface area contributed by atoms with Gasteiger partial charge in [-0.2, -0.15) is 0 Å². The molecule has 1 heterocycles. The van der Waals surface area contributed by atoms with Gasteiger partial charge in [-0.25, -0.2) is 4.79 Å². The molecular formula is C16H27N2O3PS. The standard InChI is InChI=1S/C16H27N2O3PS/c1-8(17)7-9(2)23-12(5)10(3)13-11(4)14(19)18(13)15(22-6)16(20)21/h8-11,13H,5,7,17H2,1-4,6H3,(H,20,21). The summed E-state index contributed by atoms with van der Waals surface area (Å²) < 4.78 is 0. The zero-order chi connectivity index (χ0) is 17.9. The van der Waals surface area contributed by atoms with E-state index in [0.717, 1.165) is 11.3 Å². The lowest BCUT2D eigenvalue weighted by molar-refractivity contribution is -0.150. The Hall–Kier alpha value is -0.840. The lowest BCUT2D eigenvalue weighted by Crippen LogP contribution is -2.65. The van der Waals surface area contributed by atoms with Gasteiger partial charge >= 0.3 is 5.97 Å². The number of carboxylic acids is 1. The van der Waals surface area contributed by atoms with E-state index in [4.69, 9.17) is 5.73 Å². The fraction of sp³-hybridized carbons (Fsp3) is 0.688. The molecule has 23 heavy (non-hydrogen) atoms. The second kappa shape index (κ2) is 8.32. The molecule has 0 spiro atoms. The molecule has 1 saturated heterocycles. The van der Waals surface area contributed by atoms with Crippen LogP contribution in [-0.2, 0) is 9.59 Å². The first-order valence-corrected chi connectivity index (χ1v) is 9.98. The van der Waals surface area contributed by atoms with Crippen molar-refractivity contribution in [2.45, 2.75) is 51.4 Å². The molecule has 3 N–H and O–H groups in total. The maximum Gasteiger partial charge on any atom is 0.357 e. The minimum Gasteiger partial charge on any atom is -0.476 e. The number of carbonyl (C=O) groups excluding carboxylic acids is 1. The van der Waals surface area contributed by atoms with Crippen LogP contribution in [0.2, 0.25) is 0 Å². The summed E-state index contributed by atoms with van der Waals surface area (Å²) in [5.41, 5.74) is 5.98. The summed E-state index contributed by atoms with van der Waals surface area (Å²) in [7, 11) is 0.585. The summed E-state index contributed by atoms with van der Waals surface area (Å²) in [5.74, 6) is -1.30. The van der Waals surface area contributed by atoms with Crippen molar-refractivity contribution >= 4 is 37.3 Å². The summed E-state index contributed by atoms with van der Waals surface area (Å²) in [5, 5.41) is 9.66. The number of nitrogens with two attached hydrogens (primary N) is 1. The first kappa shape index (κ1) is 20.2. The van der Waals surface area contributed by atoms with Crippen LogP contribution in [0.1, 0.15) is 34.1 Å². The number of carboxylic acid groups (broad SMARTS) is 1. The lowest BCUT2D eigenvalue weighted by Gasteiger charge is -2.49. The van der Waals surface area contributed by atoms with Crippen molar-refractivity contribution in [2.75, 3.05) is 6.66 Å². The van der Waals surface area contributed by atoms with Gasteiger partial charge < -0.3 is 10.8 Å². The predicted molar refractivity (Wildman–Crippen MR) is 98.9 cm³/mol. The van der Waals surface area contributed by atoms with Gasteiger partial charge in [0.1, 0.15) is 0 Å². The molecule has 7 heteroatoms. The second-order valence-corrected chi connectivity index (χ2v) is 8.67. The zero-order valence-corrected chi connectivity index (χ0v) is 16.2. The van der Waals surface area contributed by atoms with Crippen LogP contribution in [0.5, 0.6) is 0 Å². The number of hydrogen-bond donors (Lipinski definition) is 2. The van der Waals surface area contributed by atoms with Crippen molar-refractivity contribution < 1.29 is 14.7 Å². The summed E-state index contributed by atoms with van der Waals surface area (Å²) >= 11 is 1.68. The van der Waals surface area contributed by atoms with Crippen LogP contribution >= 0.6 is 20.0 Å². The van der Waals surface area contributed by atoms with Gasteiger partial charge in [0.15, 0.2) is 5.42 Å². The summed E-state index contributed by atoms with van der Waals surface area (Å²) in [6.45, 7) is 13.8. The normalized spacial score (nSPS) is 25.6. The lowest BCUT2D eigenvalue weighted by atomic mass is 9.80. The molecule has 5 nitrogen and oxygen atoms in total. The van der Waals surface area contributed by atoms with E-state index in [1.54, 1.807) is 18.4 Å². The third kappa shape index (κ3) is 4.59. The van der Waals surface area contributed by atoms with Crippen LogP contribution in [-0.4, -0.2) is 51.3 Å². The Morgan fingerprint density at radius 3 is 2.48 bits per heavy atom. The van der Waals surface area contributed by atoms with Crippen molar-refractivity contribution in [3.8, 4) is 0 Å². The quantitative estimate of drug-likeness (QED) is 0.515. The third-order valence-electron chi connectivity index (χ3n) is 4.15. The largest absolute Gasteiger partial charge is 0.476 e. The van der Waals surface area contributed by atoms with Gasteiger partial charge in [0, 0.05) is 17.2 Å². The molecule has 1 amide bonds. The van der Waals surface area contributed by atoms with Crippen LogP contribution in [0, 0.1) is 11.8 Å². The van der Waals surface area contributed by atoms with Gasteiger partial charge in [0.2, 0.25) is 5.91 Å². The molecule has 0 bridgehead atoms. The van der Waals surface area contributed by atoms with Gasteiger partial charge in [-0.3, -0.25) is 9.69 Å². The number of likely N-dealkylation sites (tertiary alicyclic amines) is 1. The van der Waals surface area contributed by atoms with Crippen LogP contribution in [0.3, 0.4) is 0 Å². The second-order valence-electron chi connectivity index (χ2n) is 6.24. The average molecular weight is 358 g/mol. The van der Waals surface area contributed by atoms with Gasteiger partial charge in [-0.05, 0) is 24.9 Å². The maximum atomic E-state index is 12.2. The highest BCUT2D eigenvalue weighted by atomic mass is 32.2. The molecule has 0 aliphatic carbocycles. The highest BCUT2D eigenvalue weighted by molar-refractivity contribution is 8.03. The maximum absolute atomic E-state index is 12.2. The van der Waals surface area contributed by atoms with E-state index >= 15 is 0 Å². The Bertz CT molecular complexity index is 521. The average Bonchev–Trinajstić information content (AvgIpc) is 2.44. The molecule has 0 aromatic heterocycles. The molecule has 1 aliphatic heterocycles. The van der Waals surface area contributed by atoms with E-state index in [2.05, 4.69) is 13.5 Å². The van der Waals surface area contributed by atoms with Crippen LogP contribution in [0.4, 0.5) is 0 Å². The van der Waals surface area contributed by atoms with Gasteiger partial charge in [-0.15, -0.1) is 11.8 Å². The molecule has 0 saturated carbocycles. The summed E-state index contributed by atoms with van der Waals surface area (Å²) in [6.07, 6.45) is 0.888. The summed E-state index contributed by atoms with van der Waals surface area (Å²) in [6, 6.07) is -0.00398. The molecule has 130 valence electrons. The molecule has 1 fully saturated rings. The molecular weight excluding hydrogens is 331 g/mol. The van der Waals surface area contributed by atoms with E-state index in [1.165, 1.54) is 4.90 Å². The molecule has 0 aromatic carbocycles. The predicted octanol–water partition coefficient (Wildman–Crippen LogP) is 2.63. The number of thioether (sulfide) groups is 1. The Balaban J connectivity index is 2.84. The van der Waals surface area contributed by atoms with Gasteiger partial charge in [-0.1, -0.05) is 35.6 Å². The Morgan fingerprint density at radius 1 is 1.48 bits per heavy atom. The number of nitrogens with zero attached hydrogens (tertiary/aromatic N) is 1. The van der Waals surface area contributed by atoms with E-state index in [0.29, 0.717) is 13.5 Å². The van der Waals surface area contributed by atoms with Crippen molar-refractivity contribution in [2.24, 2.45) is 17.6 Å². The van der Waals surface area contributed by atoms with Crippen molar-refractivity contribution in [3.63, 3.8) is 0 Å². The highest BCUT2D eigenvalue weighted by Crippen LogP contribution is 2.40. The van der Waals surface area contributed by atoms with Gasteiger partial charge in [0.05, 0.1) is 12.0 Å². The summed E-state index contributed by atoms with van der Waals surface area (Å²) in [4.78, 5) is 26.0. The molecule has 0 aromatic rings. The minimum absolute atomic E-state index is 0.0272. The Labute approximate surface area is 144 Å². The number of rotatable bonds is 8. The smallest absolute Gasteiger partial charge is 0.357 e. The number of carbonyl (C=O) groups is 2. The number of hydrogen-bond acceptors (Lipinski definition) is 4. The van der Waals surface area contributed by atoms with E-state index in [9.17, 15) is 14.7 Å². The van der Waals surface area contributed by atoms with Crippen molar-refractivity contribution in [1.29, 1.82) is 0 Å². The number of β-lactam (4-membered cyclic amide) rings is 1. The number of amides is 1. The molecule has 0 radical (unpaired) electrons. The molecule has 5 unspecified atom stereocenters. The molecule has 1 aliphatic rings. The van der Waals surface area contributed by atoms with E-state index < -0.39 is 5.97 Å². The SMILES string of the molecule is C=C(SC(C)CC(C)N)C(C)C1C(C)C(=O)N1C(=PC)C(=O)O.